The number of fused-ring (bicyclic) bond motifs is 1. The molecule has 2 amide bonds. The lowest BCUT2D eigenvalue weighted by Crippen LogP contribution is -2.38. The molecular weight excluding hydrogens is 689 g/mol. The number of amides is 2. The second kappa shape index (κ2) is 14.8. The molecule has 5 aromatic rings. The Morgan fingerprint density at radius 3 is 2.08 bits per heavy atom. The number of phenols is 1. The minimum atomic E-state index is -4.59. The molecule has 0 aromatic heterocycles. The quantitative estimate of drug-likeness (QED) is 0.119. The molecule has 0 saturated carbocycles. The van der Waals surface area contributed by atoms with Crippen LogP contribution in [-0.4, -0.2) is 52.4 Å². The Morgan fingerprint density at radius 2 is 1.37 bits per heavy atom. The van der Waals surface area contributed by atoms with Gasteiger partial charge >= 0.3 is 11.9 Å². The highest BCUT2D eigenvalue weighted by Crippen LogP contribution is 2.37. The summed E-state index contributed by atoms with van der Waals surface area (Å²) in [6, 6.07) is 28.9. The number of hydrogen-bond acceptors (Lipinski definition) is 8. The molecule has 0 unspecified atom stereocenters. The Morgan fingerprint density at radius 1 is 0.731 bits per heavy atom. The Balaban J connectivity index is 1.44. The van der Waals surface area contributed by atoms with E-state index in [1.165, 1.54) is 4.90 Å². The molecule has 0 fully saturated rings. The van der Waals surface area contributed by atoms with Gasteiger partial charge in [-0.1, -0.05) is 54.6 Å². The molecule has 1 aliphatic carbocycles. The number of nitrogens with zero attached hydrogens (tertiary/aromatic N) is 1. The summed E-state index contributed by atoms with van der Waals surface area (Å²) in [6.45, 7) is -0.0275. The van der Waals surface area contributed by atoms with Crippen LogP contribution in [0.5, 0.6) is 17.2 Å². The molecule has 0 bridgehead atoms. The summed E-state index contributed by atoms with van der Waals surface area (Å²) in [5, 5.41) is 29.8. The highest BCUT2D eigenvalue weighted by molar-refractivity contribution is 7.90. The van der Waals surface area contributed by atoms with Gasteiger partial charge in [0.05, 0.1) is 33.2 Å². The summed E-state index contributed by atoms with van der Waals surface area (Å²) < 4.78 is 33.9. The van der Waals surface area contributed by atoms with Crippen LogP contribution in [0.25, 0.3) is 0 Å². The van der Waals surface area contributed by atoms with Crippen LogP contribution < -0.4 is 9.46 Å². The fourth-order valence-electron chi connectivity index (χ4n) is 6.24. The summed E-state index contributed by atoms with van der Waals surface area (Å²) >= 11 is 0. The van der Waals surface area contributed by atoms with Gasteiger partial charge in [0.1, 0.15) is 17.2 Å². The van der Waals surface area contributed by atoms with Crippen molar-refractivity contribution in [3.63, 3.8) is 0 Å². The van der Waals surface area contributed by atoms with Crippen molar-refractivity contribution >= 4 is 33.8 Å². The second-order valence-corrected chi connectivity index (χ2v) is 13.8. The van der Waals surface area contributed by atoms with Crippen LogP contribution in [-0.2, 0) is 23.0 Å². The Hall–Kier alpha value is -6.47. The fraction of sp³-hybridized carbons (Fsp3) is 0.128. The molecule has 1 aliphatic rings. The molecule has 0 radical (unpaired) electrons. The van der Waals surface area contributed by atoms with E-state index in [0.717, 1.165) is 54.3 Å². The van der Waals surface area contributed by atoms with Gasteiger partial charge in [0.2, 0.25) is 0 Å². The van der Waals surface area contributed by atoms with Gasteiger partial charge in [-0.25, -0.2) is 22.7 Å². The molecule has 0 heterocycles. The smallest absolute Gasteiger partial charge is 0.336 e. The molecule has 1 atom stereocenters. The van der Waals surface area contributed by atoms with E-state index in [0.29, 0.717) is 29.5 Å². The minimum absolute atomic E-state index is 0.0275. The standard InChI is InChI=1S/C39H32N2O10S/c42-26-16-18-29(19-17-26)52(49,50)40-36(43)31-21-32(34(39(47)48)22-33(31)38(45)46)37(44)41(35-15-7-10-25-9-4-5-14-30(25)35)23-24-8-6-13-28(20-24)51-27-11-2-1-3-12-27/h1-6,8-9,11-14,16-22,35,42H,7,10,15,23H2,(H,40,43)(H,45,46)(H,47,48)/t35-/m0/s1. The summed E-state index contributed by atoms with van der Waals surface area (Å²) in [4.78, 5) is 54.3. The lowest BCUT2D eigenvalue weighted by molar-refractivity contribution is 0.0613. The first-order valence-electron chi connectivity index (χ1n) is 16.1. The third-order valence-electron chi connectivity index (χ3n) is 8.67. The number of aromatic carboxylic acids is 2. The van der Waals surface area contributed by atoms with E-state index in [1.54, 1.807) is 41.1 Å². The number of ether oxygens (including phenoxy) is 1. The monoisotopic (exact) mass is 720 g/mol. The number of hydrogen-bond donors (Lipinski definition) is 4. The van der Waals surface area contributed by atoms with Crippen molar-refractivity contribution in [1.29, 1.82) is 0 Å². The number of para-hydroxylation sites is 1. The maximum Gasteiger partial charge on any atom is 0.336 e. The number of benzene rings is 5. The van der Waals surface area contributed by atoms with E-state index in [1.807, 2.05) is 42.5 Å². The van der Waals surface area contributed by atoms with Crippen LogP contribution in [0.1, 0.15) is 77.0 Å². The molecule has 12 nitrogen and oxygen atoms in total. The SMILES string of the molecule is O=C(O)c1cc(C(=O)O)c(C(=O)N(Cc2cccc(Oc3ccccc3)c2)[C@H]2CCCc3ccccc32)cc1C(=O)NS(=O)(=O)c1ccc(O)cc1. The Kier molecular flexibility index (Phi) is 10.1. The zero-order chi connectivity index (χ0) is 37.0. The zero-order valence-electron chi connectivity index (χ0n) is 27.4. The first-order valence-corrected chi connectivity index (χ1v) is 17.6. The van der Waals surface area contributed by atoms with Crippen LogP contribution in [0.4, 0.5) is 0 Å². The second-order valence-electron chi connectivity index (χ2n) is 12.1. The summed E-state index contributed by atoms with van der Waals surface area (Å²) in [5.41, 5.74) is -0.257. The number of nitrogens with one attached hydrogen (secondary N) is 1. The van der Waals surface area contributed by atoms with Crippen molar-refractivity contribution in [2.45, 2.75) is 36.7 Å². The van der Waals surface area contributed by atoms with Crippen molar-refractivity contribution in [1.82, 2.24) is 9.62 Å². The number of carboxylic acids is 2. The number of carbonyl (C=O) groups is 4. The fourth-order valence-corrected chi connectivity index (χ4v) is 7.20. The molecule has 13 heteroatoms. The maximum atomic E-state index is 14.8. The molecule has 5 aromatic carbocycles. The average Bonchev–Trinajstić information content (AvgIpc) is 3.13. The van der Waals surface area contributed by atoms with E-state index < -0.39 is 67.0 Å². The highest BCUT2D eigenvalue weighted by atomic mass is 32.2. The number of sulfonamides is 1. The molecule has 52 heavy (non-hydrogen) atoms. The minimum Gasteiger partial charge on any atom is -0.508 e. The lowest BCUT2D eigenvalue weighted by atomic mass is 9.86. The van der Waals surface area contributed by atoms with Gasteiger partial charge in [0.25, 0.3) is 21.8 Å². The van der Waals surface area contributed by atoms with Crippen molar-refractivity contribution in [2.75, 3.05) is 0 Å². The van der Waals surface area contributed by atoms with Crippen molar-refractivity contribution in [3.8, 4) is 17.2 Å². The van der Waals surface area contributed by atoms with Gasteiger partial charge in [-0.05, 0) is 96.6 Å². The van der Waals surface area contributed by atoms with Crippen molar-refractivity contribution in [3.05, 3.63) is 154 Å². The molecule has 0 saturated heterocycles. The maximum absolute atomic E-state index is 14.8. The number of carboxylic acid groups (broad SMARTS) is 2. The van der Waals surface area contributed by atoms with Crippen LogP contribution in [0.15, 0.2) is 120 Å². The van der Waals surface area contributed by atoms with Crippen LogP contribution >= 0.6 is 0 Å². The van der Waals surface area contributed by atoms with E-state index >= 15 is 0 Å². The highest BCUT2D eigenvalue weighted by Gasteiger charge is 2.34. The van der Waals surface area contributed by atoms with Gasteiger partial charge in [-0.2, -0.15) is 0 Å². The molecule has 4 N–H and O–H groups in total. The normalized spacial score (nSPS) is 13.7. The van der Waals surface area contributed by atoms with Crippen molar-refractivity contribution < 1.29 is 47.7 Å². The van der Waals surface area contributed by atoms with Gasteiger partial charge in [0.15, 0.2) is 0 Å². The predicted molar refractivity (Wildman–Crippen MR) is 188 cm³/mol. The van der Waals surface area contributed by atoms with E-state index in [2.05, 4.69) is 0 Å². The number of carbonyl (C=O) groups excluding carboxylic acids is 2. The van der Waals surface area contributed by atoms with Gasteiger partial charge in [-0.15, -0.1) is 0 Å². The third kappa shape index (κ3) is 7.64. The van der Waals surface area contributed by atoms with Gasteiger partial charge in [-0.3, -0.25) is 9.59 Å². The van der Waals surface area contributed by atoms with E-state index in [9.17, 15) is 42.9 Å². The van der Waals surface area contributed by atoms with E-state index in [-0.39, 0.29) is 12.3 Å². The summed E-state index contributed by atoms with van der Waals surface area (Å²) in [5.74, 6) is -4.72. The van der Waals surface area contributed by atoms with Gasteiger partial charge < -0.3 is 25.0 Å². The molecule has 264 valence electrons. The number of aromatic hydroxyl groups is 1. The average molecular weight is 721 g/mol. The van der Waals surface area contributed by atoms with E-state index in [4.69, 9.17) is 4.74 Å². The predicted octanol–water partition coefficient (Wildman–Crippen LogP) is 6.42. The Bertz CT molecular complexity index is 2290. The first-order chi connectivity index (χ1) is 24.9. The zero-order valence-corrected chi connectivity index (χ0v) is 28.2. The first kappa shape index (κ1) is 35.4. The molecule has 0 aliphatic heterocycles. The van der Waals surface area contributed by atoms with Crippen LogP contribution in [0.3, 0.4) is 0 Å². The number of phenolic OH excluding ortho intramolecular Hbond substituents is 1. The number of rotatable bonds is 11. The molecule has 0 spiro atoms. The number of aryl methyl sites for hydroxylation is 1. The van der Waals surface area contributed by atoms with Crippen molar-refractivity contribution in [2.24, 2.45) is 0 Å². The topological polar surface area (TPSA) is 188 Å². The molecular formula is C39H32N2O10S. The Labute approximate surface area is 298 Å². The third-order valence-corrected chi connectivity index (χ3v) is 10.0. The lowest BCUT2D eigenvalue weighted by Gasteiger charge is -2.36. The largest absolute Gasteiger partial charge is 0.508 e. The summed E-state index contributed by atoms with van der Waals surface area (Å²) in [7, 11) is -4.59. The van der Waals surface area contributed by atoms with Crippen LogP contribution in [0.2, 0.25) is 0 Å². The summed E-state index contributed by atoms with van der Waals surface area (Å²) in [6.07, 6.45) is 2.01. The van der Waals surface area contributed by atoms with Crippen LogP contribution in [0, 0.1) is 0 Å². The van der Waals surface area contributed by atoms with Gasteiger partial charge in [0, 0.05) is 6.54 Å². The molecule has 6 rings (SSSR count).